The Balaban J connectivity index is 1.43. The summed E-state index contributed by atoms with van der Waals surface area (Å²) in [7, 11) is 1.77. The van der Waals surface area contributed by atoms with Crippen LogP contribution in [0.5, 0.6) is 0 Å². The highest BCUT2D eigenvalue weighted by Gasteiger charge is 2.33. The van der Waals surface area contributed by atoms with Crippen molar-refractivity contribution < 1.29 is 9.84 Å². The van der Waals surface area contributed by atoms with E-state index in [0.717, 1.165) is 49.0 Å². The van der Waals surface area contributed by atoms with Crippen LogP contribution in [0.4, 0.5) is 5.69 Å². The summed E-state index contributed by atoms with van der Waals surface area (Å²) in [5, 5.41) is 13.9. The van der Waals surface area contributed by atoms with E-state index in [9.17, 15) is 5.11 Å². The molecule has 1 aliphatic carbocycles. The van der Waals surface area contributed by atoms with Crippen molar-refractivity contribution in [3.8, 4) is 0 Å². The maximum atomic E-state index is 10.8. The van der Waals surface area contributed by atoms with Gasteiger partial charge >= 0.3 is 0 Å². The number of ether oxygens (including phenoxy) is 1. The average molecular weight is 316 g/mol. The third-order valence-electron chi connectivity index (χ3n) is 5.33. The summed E-state index contributed by atoms with van der Waals surface area (Å²) in [5.41, 5.74) is 6.45. The number of fused-ring (bicyclic) bond motifs is 3. The van der Waals surface area contributed by atoms with E-state index in [0.29, 0.717) is 18.4 Å². The van der Waals surface area contributed by atoms with Crippen molar-refractivity contribution in [3.63, 3.8) is 0 Å². The lowest BCUT2D eigenvalue weighted by molar-refractivity contribution is -0.0446. The second-order valence-corrected chi connectivity index (χ2v) is 6.78. The second kappa shape index (κ2) is 6.11. The molecule has 1 aliphatic heterocycles. The van der Waals surface area contributed by atoms with Crippen LogP contribution in [-0.4, -0.2) is 40.0 Å². The zero-order chi connectivity index (χ0) is 15.8. The van der Waals surface area contributed by atoms with Crippen LogP contribution in [0.15, 0.2) is 18.5 Å². The van der Waals surface area contributed by atoms with Crippen molar-refractivity contribution in [1.82, 2.24) is 15.0 Å². The molecule has 3 N–H and O–H groups in total. The number of aliphatic hydroxyl groups excluding tert-OH is 1. The van der Waals surface area contributed by atoms with Crippen LogP contribution >= 0.6 is 0 Å². The standard InChI is InChI=1S/C17H24N4O2/c1-23-10-11-2-4-12(5-3-11)17(22)21-9-14-13-6-7-18-16(13)19-8-15(14)20-21/h6-8,11-12,17,20,22H,2-5,9-10H2,1H3,(H,18,19)/t11-,12-,17?. The normalized spacial score (nSPS) is 26.2. The Hall–Kier alpha value is -1.63. The molecule has 1 atom stereocenters. The SMILES string of the molecule is COC[C@H]1CC[C@H](C(O)N2Cc3c(cnc4[nH]ccc34)N2)CC1. The number of pyridine rings is 1. The molecule has 0 bridgehead atoms. The van der Waals surface area contributed by atoms with Gasteiger partial charge < -0.3 is 20.3 Å². The van der Waals surface area contributed by atoms with Gasteiger partial charge in [-0.2, -0.15) is 5.01 Å². The van der Waals surface area contributed by atoms with Crippen molar-refractivity contribution in [2.45, 2.75) is 38.5 Å². The van der Waals surface area contributed by atoms with E-state index in [1.807, 2.05) is 17.4 Å². The minimum Gasteiger partial charge on any atom is -0.384 e. The second-order valence-electron chi connectivity index (χ2n) is 6.78. The molecule has 6 heteroatoms. The number of hydrazine groups is 1. The van der Waals surface area contributed by atoms with Gasteiger partial charge in [0.1, 0.15) is 11.9 Å². The van der Waals surface area contributed by atoms with Crippen LogP contribution in [0.1, 0.15) is 31.2 Å². The number of nitrogens with one attached hydrogen (secondary N) is 2. The van der Waals surface area contributed by atoms with Gasteiger partial charge in [-0.1, -0.05) is 0 Å². The highest BCUT2D eigenvalue weighted by molar-refractivity contribution is 5.85. The molecule has 1 fully saturated rings. The Labute approximate surface area is 135 Å². The van der Waals surface area contributed by atoms with Crippen LogP contribution < -0.4 is 5.43 Å². The molecule has 0 amide bonds. The number of aromatic nitrogens is 2. The highest BCUT2D eigenvalue weighted by atomic mass is 16.5. The largest absolute Gasteiger partial charge is 0.384 e. The van der Waals surface area contributed by atoms with Gasteiger partial charge in [0.15, 0.2) is 0 Å². The quantitative estimate of drug-likeness (QED) is 0.808. The van der Waals surface area contributed by atoms with Crippen LogP contribution in [-0.2, 0) is 11.3 Å². The highest BCUT2D eigenvalue weighted by Crippen LogP contribution is 2.36. The lowest BCUT2D eigenvalue weighted by Crippen LogP contribution is -2.42. The van der Waals surface area contributed by atoms with Crippen LogP contribution in [0.25, 0.3) is 11.0 Å². The molecule has 2 aliphatic rings. The Morgan fingerprint density at radius 3 is 3.00 bits per heavy atom. The van der Waals surface area contributed by atoms with Gasteiger partial charge in [-0.3, -0.25) is 0 Å². The number of aliphatic hydroxyl groups is 1. The van der Waals surface area contributed by atoms with Gasteiger partial charge in [-0.25, -0.2) is 4.98 Å². The number of hydrogen-bond donors (Lipinski definition) is 3. The van der Waals surface area contributed by atoms with E-state index in [1.54, 1.807) is 7.11 Å². The zero-order valence-corrected chi connectivity index (χ0v) is 13.5. The lowest BCUT2D eigenvalue weighted by Gasteiger charge is -2.35. The summed E-state index contributed by atoms with van der Waals surface area (Å²) in [4.78, 5) is 7.55. The van der Waals surface area contributed by atoms with Crippen molar-refractivity contribution in [1.29, 1.82) is 0 Å². The molecule has 23 heavy (non-hydrogen) atoms. The summed E-state index contributed by atoms with van der Waals surface area (Å²) in [6, 6.07) is 2.05. The fourth-order valence-corrected chi connectivity index (χ4v) is 4.00. The van der Waals surface area contributed by atoms with E-state index in [-0.39, 0.29) is 0 Å². The van der Waals surface area contributed by atoms with E-state index >= 15 is 0 Å². The Kier molecular flexibility index (Phi) is 3.97. The molecule has 2 aromatic heterocycles. The first-order valence-electron chi connectivity index (χ1n) is 8.41. The van der Waals surface area contributed by atoms with E-state index in [1.165, 1.54) is 5.56 Å². The number of methoxy groups -OCH3 is 1. The zero-order valence-electron chi connectivity index (χ0n) is 13.5. The fraction of sp³-hybridized carbons (Fsp3) is 0.588. The van der Waals surface area contributed by atoms with Gasteiger partial charge in [0.25, 0.3) is 0 Å². The van der Waals surface area contributed by atoms with Gasteiger partial charge in [0.05, 0.1) is 11.9 Å². The number of hydrogen-bond acceptors (Lipinski definition) is 5. The molecule has 1 saturated carbocycles. The number of anilines is 1. The van der Waals surface area contributed by atoms with Crippen LogP contribution in [0.2, 0.25) is 0 Å². The lowest BCUT2D eigenvalue weighted by atomic mass is 9.81. The topological polar surface area (TPSA) is 73.4 Å². The van der Waals surface area contributed by atoms with Crippen molar-refractivity contribution in [3.05, 3.63) is 24.0 Å². The van der Waals surface area contributed by atoms with Gasteiger partial charge in [0, 0.05) is 43.3 Å². The third-order valence-corrected chi connectivity index (χ3v) is 5.33. The molecule has 0 aromatic carbocycles. The minimum absolute atomic E-state index is 0.319. The molecule has 4 rings (SSSR count). The number of rotatable bonds is 4. The monoisotopic (exact) mass is 316 g/mol. The van der Waals surface area contributed by atoms with Crippen molar-refractivity contribution in [2.24, 2.45) is 11.8 Å². The first-order chi connectivity index (χ1) is 11.3. The molecule has 2 aromatic rings. The minimum atomic E-state index is -0.458. The number of aromatic amines is 1. The van der Waals surface area contributed by atoms with E-state index < -0.39 is 6.23 Å². The molecule has 124 valence electrons. The van der Waals surface area contributed by atoms with Gasteiger partial charge in [-0.15, -0.1) is 0 Å². The van der Waals surface area contributed by atoms with Gasteiger partial charge in [-0.05, 0) is 37.7 Å². The first-order valence-corrected chi connectivity index (χ1v) is 8.41. The van der Waals surface area contributed by atoms with Crippen molar-refractivity contribution >= 4 is 16.7 Å². The van der Waals surface area contributed by atoms with E-state index in [2.05, 4.69) is 21.5 Å². The summed E-state index contributed by atoms with van der Waals surface area (Å²) in [6.07, 6.45) is 7.69. The first kappa shape index (κ1) is 14.9. The average Bonchev–Trinajstić information content (AvgIpc) is 3.21. The maximum Gasteiger partial charge on any atom is 0.137 e. The molecule has 0 spiro atoms. The number of nitrogens with zero attached hydrogens (tertiary/aromatic N) is 2. The Morgan fingerprint density at radius 1 is 1.39 bits per heavy atom. The smallest absolute Gasteiger partial charge is 0.137 e. The van der Waals surface area contributed by atoms with E-state index in [4.69, 9.17) is 4.74 Å². The number of H-pyrrole nitrogens is 1. The molecule has 0 saturated heterocycles. The Bertz CT molecular complexity index is 678. The summed E-state index contributed by atoms with van der Waals surface area (Å²) < 4.78 is 5.26. The van der Waals surface area contributed by atoms with Crippen LogP contribution in [0.3, 0.4) is 0 Å². The predicted molar refractivity (Wildman–Crippen MR) is 88.6 cm³/mol. The third kappa shape index (κ3) is 2.71. The maximum absolute atomic E-state index is 10.8. The molecule has 6 nitrogen and oxygen atoms in total. The van der Waals surface area contributed by atoms with Crippen molar-refractivity contribution in [2.75, 3.05) is 19.1 Å². The summed E-state index contributed by atoms with van der Waals surface area (Å²) in [5.74, 6) is 0.968. The van der Waals surface area contributed by atoms with Crippen LogP contribution in [0, 0.1) is 11.8 Å². The summed E-state index contributed by atoms with van der Waals surface area (Å²) >= 11 is 0. The molecule has 0 radical (unpaired) electrons. The molecule has 3 heterocycles. The fourth-order valence-electron chi connectivity index (χ4n) is 4.00. The Morgan fingerprint density at radius 2 is 2.22 bits per heavy atom. The molecular formula is C17H24N4O2. The molecule has 1 unspecified atom stereocenters. The van der Waals surface area contributed by atoms with Gasteiger partial charge in [0.2, 0.25) is 0 Å². The summed E-state index contributed by atoms with van der Waals surface area (Å²) in [6.45, 7) is 1.55. The molecular weight excluding hydrogens is 292 g/mol. The predicted octanol–water partition coefficient (Wildman–Crippen LogP) is 2.48.